The second-order valence-corrected chi connectivity index (χ2v) is 7.38. The van der Waals surface area contributed by atoms with E-state index < -0.39 is 5.91 Å². The van der Waals surface area contributed by atoms with Gasteiger partial charge in [0.05, 0.1) is 12.3 Å². The second kappa shape index (κ2) is 9.01. The molecule has 0 saturated carbocycles. The molecule has 6 nitrogen and oxygen atoms in total. The number of anilines is 1. The lowest BCUT2D eigenvalue weighted by molar-refractivity contribution is 0.101. The van der Waals surface area contributed by atoms with Crippen LogP contribution in [0.1, 0.15) is 28.7 Å². The number of halogens is 1. The Morgan fingerprint density at radius 1 is 1.03 bits per heavy atom. The van der Waals surface area contributed by atoms with E-state index >= 15 is 0 Å². The summed E-state index contributed by atoms with van der Waals surface area (Å²) in [6.07, 6.45) is 0. The van der Waals surface area contributed by atoms with E-state index in [0.29, 0.717) is 29.4 Å². The normalized spacial score (nSPS) is 10.8. The van der Waals surface area contributed by atoms with Crippen molar-refractivity contribution in [1.82, 2.24) is 14.8 Å². The molecule has 0 unspecified atom stereocenters. The van der Waals surface area contributed by atoms with Crippen LogP contribution in [-0.4, -0.2) is 27.3 Å². The van der Waals surface area contributed by atoms with E-state index in [1.54, 1.807) is 16.8 Å². The van der Waals surface area contributed by atoms with E-state index in [1.807, 2.05) is 63.2 Å². The summed E-state index contributed by atoms with van der Waals surface area (Å²) in [5, 5.41) is 7.35. The number of carbonyl (C=O) groups is 1. The average Bonchev–Trinajstić information content (AvgIpc) is 3.23. The van der Waals surface area contributed by atoms with Gasteiger partial charge in [0.1, 0.15) is 11.6 Å². The van der Waals surface area contributed by atoms with E-state index in [-0.39, 0.29) is 11.6 Å². The van der Waals surface area contributed by atoms with Crippen LogP contribution in [0, 0.1) is 19.7 Å². The highest BCUT2D eigenvalue weighted by atomic mass is 19.1. The number of hydrogen-bond donors (Lipinski definition) is 1. The van der Waals surface area contributed by atoms with Crippen molar-refractivity contribution in [3.05, 3.63) is 89.5 Å². The number of rotatable bonds is 6. The molecule has 32 heavy (non-hydrogen) atoms. The van der Waals surface area contributed by atoms with Crippen LogP contribution in [0.3, 0.4) is 0 Å². The minimum atomic E-state index is -0.424. The van der Waals surface area contributed by atoms with Crippen LogP contribution < -0.4 is 10.1 Å². The molecule has 4 aromatic rings. The van der Waals surface area contributed by atoms with Crippen LogP contribution >= 0.6 is 0 Å². The number of benzene rings is 3. The van der Waals surface area contributed by atoms with Gasteiger partial charge in [-0.1, -0.05) is 12.1 Å². The molecule has 3 aromatic carbocycles. The van der Waals surface area contributed by atoms with Gasteiger partial charge >= 0.3 is 0 Å². The van der Waals surface area contributed by atoms with Crippen molar-refractivity contribution in [3.8, 4) is 22.8 Å². The fourth-order valence-corrected chi connectivity index (χ4v) is 3.27. The number of nitrogens with one attached hydrogen (secondary N) is 1. The van der Waals surface area contributed by atoms with Crippen molar-refractivity contribution in [2.24, 2.45) is 0 Å². The van der Waals surface area contributed by atoms with E-state index in [2.05, 4.69) is 15.4 Å². The molecule has 0 aliphatic carbocycles. The first kappa shape index (κ1) is 21.2. The zero-order valence-corrected chi connectivity index (χ0v) is 18.1. The van der Waals surface area contributed by atoms with Gasteiger partial charge < -0.3 is 10.1 Å². The number of ether oxygens (including phenoxy) is 1. The lowest BCUT2D eigenvalue weighted by atomic mass is 10.1. The fraction of sp³-hybridized carbons (Fsp3) is 0.160. The first-order chi connectivity index (χ1) is 15.4. The van der Waals surface area contributed by atoms with E-state index in [1.165, 1.54) is 12.1 Å². The van der Waals surface area contributed by atoms with Crippen molar-refractivity contribution < 1.29 is 13.9 Å². The molecule has 162 valence electrons. The van der Waals surface area contributed by atoms with Gasteiger partial charge in [-0.05, 0) is 86.5 Å². The third-order valence-corrected chi connectivity index (χ3v) is 4.95. The molecule has 7 heteroatoms. The number of aromatic nitrogens is 3. The third-order valence-electron chi connectivity index (χ3n) is 4.95. The lowest BCUT2D eigenvalue weighted by Crippen LogP contribution is -2.15. The number of nitrogens with zero attached hydrogens (tertiary/aromatic N) is 3. The number of hydrogen-bond acceptors (Lipinski definition) is 4. The van der Waals surface area contributed by atoms with Crippen molar-refractivity contribution >= 4 is 11.6 Å². The number of carbonyl (C=O) groups excluding carboxylic acids is 1. The molecule has 0 saturated heterocycles. The Kier molecular flexibility index (Phi) is 5.98. The van der Waals surface area contributed by atoms with Gasteiger partial charge in [-0.3, -0.25) is 4.79 Å². The molecule has 0 radical (unpaired) electrons. The monoisotopic (exact) mass is 430 g/mol. The quantitative estimate of drug-likeness (QED) is 0.448. The maximum atomic E-state index is 13.5. The second-order valence-electron chi connectivity index (χ2n) is 7.38. The molecule has 1 heterocycles. The summed E-state index contributed by atoms with van der Waals surface area (Å²) in [7, 11) is 0. The summed E-state index contributed by atoms with van der Waals surface area (Å²) in [4.78, 5) is 17.4. The maximum absolute atomic E-state index is 13.5. The lowest BCUT2D eigenvalue weighted by Gasteiger charge is -2.08. The van der Waals surface area contributed by atoms with Gasteiger partial charge in [0.2, 0.25) is 5.82 Å². The molecule has 0 fully saturated rings. The van der Waals surface area contributed by atoms with Crippen LogP contribution in [0.15, 0.2) is 66.7 Å². The first-order valence-corrected chi connectivity index (χ1v) is 10.3. The smallest absolute Gasteiger partial charge is 0.295 e. The summed E-state index contributed by atoms with van der Waals surface area (Å²) < 4.78 is 20.5. The molecular weight excluding hydrogens is 407 g/mol. The molecule has 1 amide bonds. The van der Waals surface area contributed by atoms with Crippen molar-refractivity contribution in [2.45, 2.75) is 20.8 Å². The molecule has 1 N–H and O–H groups in total. The van der Waals surface area contributed by atoms with Gasteiger partial charge in [-0.15, -0.1) is 5.10 Å². The first-order valence-electron chi connectivity index (χ1n) is 10.3. The van der Waals surface area contributed by atoms with Gasteiger partial charge in [-0.25, -0.2) is 14.1 Å². The Labute approximate surface area is 185 Å². The highest BCUT2D eigenvalue weighted by Crippen LogP contribution is 2.24. The Morgan fingerprint density at radius 3 is 2.44 bits per heavy atom. The molecule has 0 bridgehead atoms. The molecule has 4 rings (SSSR count). The minimum Gasteiger partial charge on any atom is -0.494 e. The summed E-state index contributed by atoms with van der Waals surface area (Å²) in [6.45, 7) is 6.36. The number of aryl methyl sites for hydroxylation is 2. The van der Waals surface area contributed by atoms with Crippen LogP contribution in [0.4, 0.5) is 10.1 Å². The summed E-state index contributed by atoms with van der Waals surface area (Å²) in [6, 6.07) is 19.1. The summed E-state index contributed by atoms with van der Waals surface area (Å²) >= 11 is 0. The van der Waals surface area contributed by atoms with Crippen molar-refractivity contribution in [3.63, 3.8) is 0 Å². The zero-order valence-electron chi connectivity index (χ0n) is 18.1. The molecule has 1 aromatic heterocycles. The Morgan fingerprint density at radius 2 is 1.75 bits per heavy atom. The van der Waals surface area contributed by atoms with Crippen LogP contribution in [0.2, 0.25) is 0 Å². The van der Waals surface area contributed by atoms with E-state index in [4.69, 9.17) is 4.74 Å². The Hall–Kier alpha value is -4.00. The molecular formula is C25H23FN4O2. The van der Waals surface area contributed by atoms with Crippen molar-refractivity contribution in [1.29, 1.82) is 0 Å². The fourth-order valence-electron chi connectivity index (χ4n) is 3.27. The van der Waals surface area contributed by atoms with Crippen molar-refractivity contribution in [2.75, 3.05) is 11.9 Å². The van der Waals surface area contributed by atoms with Crippen LogP contribution in [-0.2, 0) is 0 Å². The van der Waals surface area contributed by atoms with Gasteiger partial charge in [0, 0.05) is 11.3 Å². The highest BCUT2D eigenvalue weighted by molar-refractivity contribution is 6.02. The van der Waals surface area contributed by atoms with Gasteiger partial charge in [0.25, 0.3) is 5.91 Å². The minimum absolute atomic E-state index is 0.0131. The molecule has 0 spiro atoms. The van der Waals surface area contributed by atoms with Gasteiger partial charge in [0.15, 0.2) is 5.82 Å². The highest BCUT2D eigenvalue weighted by Gasteiger charge is 2.19. The number of amides is 1. The van der Waals surface area contributed by atoms with E-state index in [0.717, 1.165) is 16.9 Å². The Bertz CT molecular complexity index is 1250. The Balaban J connectivity index is 1.74. The zero-order chi connectivity index (χ0) is 22.7. The third kappa shape index (κ3) is 4.51. The predicted molar refractivity (Wildman–Crippen MR) is 122 cm³/mol. The summed E-state index contributed by atoms with van der Waals surface area (Å²) in [5.74, 6) is 0.396. The molecule has 0 atom stereocenters. The molecule has 0 aliphatic rings. The molecule has 0 aliphatic heterocycles. The van der Waals surface area contributed by atoms with Gasteiger partial charge in [-0.2, -0.15) is 0 Å². The van der Waals surface area contributed by atoms with Crippen LogP contribution in [0.5, 0.6) is 5.75 Å². The van der Waals surface area contributed by atoms with E-state index in [9.17, 15) is 9.18 Å². The topological polar surface area (TPSA) is 69.0 Å². The summed E-state index contributed by atoms with van der Waals surface area (Å²) in [5.41, 5.74) is 4.01. The standard InChI is InChI=1S/C25H23FN4O2/c1-4-32-21-13-11-20(12-14-21)30-24(18-7-9-19(26)10-8-18)28-23(29-30)25(31)27-22-15-16(2)5-6-17(22)3/h5-15H,4H2,1-3H3,(H,27,31). The largest absolute Gasteiger partial charge is 0.494 e. The SMILES string of the molecule is CCOc1ccc(-n2nc(C(=O)Nc3cc(C)ccc3C)nc2-c2ccc(F)cc2)cc1. The predicted octanol–water partition coefficient (Wildman–Crippen LogP) is 5.34. The maximum Gasteiger partial charge on any atom is 0.295 e. The average molecular weight is 430 g/mol. The van der Waals surface area contributed by atoms with Crippen LogP contribution in [0.25, 0.3) is 17.1 Å².